The number of hydrogen-bond donors (Lipinski definition) is 1. The van der Waals surface area contributed by atoms with Crippen LogP contribution >= 0.6 is 11.3 Å². The highest BCUT2D eigenvalue weighted by Gasteiger charge is 2.26. The summed E-state index contributed by atoms with van der Waals surface area (Å²) in [6.45, 7) is 0.782. The highest BCUT2D eigenvalue weighted by atomic mass is 32.1. The van der Waals surface area contributed by atoms with Gasteiger partial charge in [0, 0.05) is 31.4 Å². The van der Waals surface area contributed by atoms with Gasteiger partial charge in [0.1, 0.15) is 24.1 Å². The summed E-state index contributed by atoms with van der Waals surface area (Å²) in [5.74, 6) is -0.134. The van der Waals surface area contributed by atoms with Gasteiger partial charge in [0.25, 0.3) is 11.4 Å². The number of para-hydroxylation sites is 1. The first-order valence-corrected chi connectivity index (χ1v) is 12.4. The van der Waals surface area contributed by atoms with Gasteiger partial charge in [0.2, 0.25) is 0 Å². The molecule has 1 aromatic carbocycles. The number of hydrogen-bond acceptors (Lipinski definition) is 9. The Morgan fingerprint density at radius 1 is 1.31 bits per heavy atom. The summed E-state index contributed by atoms with van der Waals surface area (Å²) in [6.07, 6.45) is 6.04. The van der Waals surface area contributed by atoms with Crippen LogP contribution in [0.4, 0.5) is 0 Å². The molecule has 4 heterocycles. The molecular weight excluding hydrogens is 486 g/mol. The topological polar surface area (TPSA) is 126 Å². The molecule has 10 nitrogen and oxygen atoms in total. The van der Waals surface area contributed by atoms with E-state index >= 15 is 0 Å². The molecule has 1 N–H and O–H groups in total. The Morgan fingerprint density at radius 2 is 2.11 bits per heavy atom. The van der Waals surface area contributed by atoms with E-state index < -0.39 is 24.2 Å². The molecule has 0 bridgehead atoms. The Balaban J connectivity index is 1.61. The fraction of sp³-hybridized carbons (Fsp3) is 0.360. The number of thiazole rings is 1. The van der Waals surface area contributed by atoms with Gasteiger partial charge in [-0.1, -0.05) is 18.2 Å². The van der Waals surface area contributed by atoms with Gasteiger partial charge in [0.15, 0.2) is 5.01 Å². The van der Waals surface area contributed by atoms with Crippen LogP contribution in [0.15, 0.2) is 52.1 Å². The molecule has 0 unspecified atom stereocenters. The third-order valence-electron chi connectivity index (χ3n) is 6.03. The second kappa shape index (κ2) is 10.6. The Kier molecular flexibility index (Phi) is 7.12. The minimum Gasteiger partial charge on any atom is -0.496 e. The number of carbonyl (C=O) groups is 1. The molecule has 1 fully saturated rings. The number of fused-ring (bicyclic) bond motifs is 1. The van der Waals surface area contributed by atoms with Gasteiger partial charge >= 0.3 is 5.97 Å². The average Bonchev–Trinajstić information content (AvgIpc) is 3.57. The number of aromatic nitrogens is 3. The Bertz CT molecular complexity index is 1410. The maximum atomic E-state index is 13.1. The van der Waals surface area contributed by atoms with E-state index in [0.29, 0.717) is 41.0 Å². The molecule has 0 amide bonds. The zero-order valence-electron chi connectivity index (χ0n) is 19.6. The van der Waals surface area contributed by atoms with Crippen LogP contribution in [0.5, 0.6) is 5.75 Å². The summed E-state index contributed by atoms with van der Waals surface area (Å²) in [6, 6.07) is 7.65. The highest BCUT2D eigenvalue weighted by Crippen LogP contribution is 2.36. The van der Waals surface area contributed by atoms with Gasteiger partial charge in [0.05, 0.1) is 30.2 Å². The van der Waals surface area contributed by atoms with Crippen molar-refractivity contribution in [2.24, 2.45) is 0 Å². The SMILES string of the molecule is COc1ccccc1[C@H](Cc1cn(CC(=O)O)c(=O)c2nc(-c3ncco3)sc12)OC1CCOCC1. The lowest BCUT2D eigenvalue weighted by atomic mass is 10.00. The van der Waals surface area contributed by atoms with E-state index in [-0.39, 0.29) is 11.6 Å². The molecular formula is C25H25N3O7S. The fourth-order valence-corrected chi connectivity index (χ4v) is 5.38. The molecule has 1 saturated heterocycles. The Hall–Kier alpha value is -3.54. The highest BCUT2D eigenvalue weighted by molar-refractivity contribution is 7.21. The van der Waals surface area contributed by atoms with Crippen LogP contribution in [0.2, 0.25) is 0 Å². The summed E-state index contributed by atoms with van der Waals surface area (Å²) in [7, 11) is 1.61. The van der Waals surface area contributed by atoms with Crippen molar-refractivity contribution in [1.82, 2.24) is 14.5 Å². The first-order valence-electron chi connectivity index (χ1n) is 11.5. The lowest BCUT2D eigenvalue weighted by Crippen LogP contribution is -2.27. The van der Waals surface area contributed by atoms with E-state index in [1.165, 1.54) is 28.4 Å². The lowest BCUT2D eigenvalue weighted by molar-refractivity contribution is -0.137. The third kappa shape index (κ3) is 5.03. The predicted molar refractivity (Wildman–Crippen MR) is 131 cm³/mol. The average molecular weight is 512 g/mol. The van der Waals surface area contributed by atoms with Crippen LogP contribution in [0.25, 0.3) is 21.1 Å². The summed E-state index contributed by atoms with van der Waals surface area (Å²) >= 11 is 1.28. The van der Waals surface area contributed by atoms with E-state index in [1.54, 1.807) is 13.3 Å². The van der Waals surface area contributed by atoms with Crippen LogP contribution in [0, 0.1) is 0 Å². The number of ether oxygens (including phenoxy) is 3. The van der Waals surface area contributed by atoms with E-state index in [2.05, 4.69) is 9.97 Å². The van der Waals surface area contributed by atoms with Crippen molar-refractivity contribution in [3.8, 4) is 16.6 Å². The molecule has 5 rings (SSSR count). The minimum atomic E-state index is -1.12. The molecule has 0 spiro atoms. The second-order valence-electron chi connectivity index (χ2n) is 8.40. The summed E-state index contributed by atoms with van der Waals surface area (Å²) < 4.78 is 24.9. The molecule has 0 saturated carbocycles. The molecule has 4 aromatic rings. The van der Waals surface area contributed by atoms with Crippen molar-refractivity contribution in [3.63, 3.8) is 0 Å². The molecule has 1 atom stereocenters. The quantitative estimate of drug-likeness (QED) is 0.358. The number of oxazole rings is 1. The number of nitrogens with zero attached hydrogens (tertiary/aromatic N) is 3. The standard InChI is InChI=1S/C25H25N3O7S/c1-32-18-5-3-2-4-17(18)19(35-16-6-9-33-10-7-16)12-15-13-28(14-20(29)30)25(31)21-22(15)36-24(27-21)23-26-8-11-34-23/h2-5,8,11,13,16,19H,6-7,9-10,12,14H2,1H3,(H,29,30)/t19-/m0/s1. The van der Waals surface area contributed by atoms with Crippen LogP contribution in [-0.2, 0) is 27.2 Å². The van der Waals surface area contributed by atoms with E-state index in [4.69, 9.17) is 18.6 Å². The van der Waals surface area contributed by atoms with Gasteiger partial charge in [-0.25, -0.2) is 9.97 Å². The van der Waals surface area contributed by atoms with Crippen LogP contribution < -0.4 is 10.3 Å². The number of carboxylic acid groups (broad SMARTS) is 1. The number of carboxylic acids is 1. The van der Waals surface area contributed by atoms with Gasteiger partial charge in [-0.15, -0.1) is 11.3 Å². The van der Waals surface area contributed by atoms with Gasteiger partial charge < -0.3 is 28.3 Å². The van der Waals surface area contributed by atoms with Gasteiger partial charge in [-0.05, 0) is 24.5 Å². The normalized spacial score (nSPS) is 15.2. The predicted octanol–water partition coefficient (Wildman–Crippen LogP) is 3.69. The fourth-order valence-electron chi connectivity index (χ4n) is 4.36. The zero-order valence-corrected chi connectivity index (χ0v) is 20.4. The summed E-state index contributed by atoms with van der Waals surface area (Å²) in [4.78, 5) is 33.2. The molecule has 1 aliphatic heterocycles. The lowest BCUT2D eigenvalue weighted by Gasteiger charge is -2.29. The summed E-state index contributed by atoms with van der Waals surface area (Å²) in [5.41, 5.74) is 1.30. The number of methoxy groups -OCH3 is 1. The van der Waals surface area contributed by atoms with Crippen molar-refractivity contribution in [3.05, 3.63) is 64.4 Å². The third-order valence-corrected chi connectivity index (χ3v) is 7.15. The number of rotatable bonds is 9. The molecule has 0 aliphatic carbocycles. The molecule has 1 aliphatic rings. The van der Waals surface area contributed by atoms with E-state index in [9.17, 15) is 14.7 Å². The molecule has 188 valence electrons. The van der Waals surface area contributed by atoms with Gasteiger partial charge in [-0.2, -0.15) is 0 Å². The largest absolute Gasteiger partial charge is 0.496 e. The monoisotopic (exact) mass is 511 g/mol. The van der Waals surface area contributed by atoms with Crippen LogP contribution in [0.3, 0.4) is 0 Å². The van der Waals surface area contributed by atoms with Crippen molar-refractivity contribution >= 4 is 27.5 Å². The molecule has 11 heteroatoms. The Morgan fingerprint density at radius 3 is 2.83 bits per heavy atom. The van der Waals surface area contributed by atoms with Crippen LogP contribution in [-0.4, -0.2) is 52.0 Å². The molecule has 0 radical (unpaired) electrons. The van der Waals surface area contributed by atoms with Crippen molar-refractivity contribution in [2.45, 2.75) is 38.0 Å². The zero-order chi connectivity index (χ0) is 25.1. The number of pyridine rings is 1. The van der Waals surface area contributed by atoms with Gasteiger partial charge in [-0.3, -0.25) is 9.59 Å². The Labute approximate surface area is 210 Å². The molecule has 36 heavy (non-hydrogen) atoms. The maximum absolute atomic E-state index is 13.1. The smallest absolute Gasteiger partial charge is 0.323 e. The second-order valence-corrected chi connectivity index (χ2v) is 9.40. The number of aliphatic carboxylic acids is 1. The van der Waals surface area contributed by atoms with Crippen molar-refractivity contribution in [2.75, 3.05) is 20.3 Å². The van der Waals surface area contributed by atoms with Crippen molar-refractivity contribution in [1.29, 1.82) is 0 Å². The minimum absolute atomic E-state index is 0.00146. The summed E-state index contributed by atoms with van der Waals surface area (Å²) in [5, 5.41) is 9.84. The maximum Gasteiger partial charge on any atom is 0.323 e. The van der Waals surface area contributed by atoms with E-state index in [1.807, 2.05) is 24.3 Å². The first-order chi connectivity index (χ1) is 17.5. The van der Waals surface area contributed by atoms with E-state index in [0.717, 1.165) is 24.0 Å². The van der Waals surface area contributed by atoms with Crippen molar-refractivity contribution < 1.29 is 28.5 Å². The first kappa shape index (κ1) is 24.2. The number of benzene rings is 1. The van der Waals surface area contributed by atoms with Crippen LogP contribution in [0.1, 0.15) is 30.1 Å². The molecule has 3 aromatic heterocycles.